The van der Waals surface area contributed by atoms with Crippen molar-refractivity contribution in [2.24, 2.45) is 0 Å². The Hall–Kier alpha value is -1.92. The average molecular weight is 334 g/mol. The average Bonchev–Trinajstić information content (AvgIpc) is 2.61. The number of benzene rings is 1. The molecule has 6 heteroatoms. The minimum atomic E-state index is -1.15. The van der Waals surface area contributed by atoms with E-state index in [1.54, 1.807) is 0 Å². The fourth-order valence-electron chi connectivity index (χ4n) is 3.20. The maximum Gasteiger partial charge on any atom is 0.248 e. The molecular formula is C18H26N2O4. The van der Waals surface area contributed by atoms with Crippen LogP contribution in [-0.2, 0) is 9.59 Å². The number of rotatable bonds is 6. The number of hydrogen-bond donors (Lipinski definition) is 3. The van der Waals surface area contributed by atoms with E-state index in [-0.39, 0.29) is 24.9 Å². The Bertz CT molecular complexity index is 563. The summed E-state index contributed by atoms with van der Waals surface area (Å²) in [5.74, 6) is -0.772. The van der Waals surface area contributed by atoms with Gasteiger partial charge in [0.05, 0.1) is 18.1 Å². The van der Waals surface area contributed by atoms with E-state index in [4.69, 9.17) is 5.11 Å². The zero-order valence-corrected chi connectivity index (χ0v) is 14.1. The van der Waals surface area contributed by atoms with Crippen LogP contribution in [0.15, 0.2) is 30.3 Å². The molecule has 24 heavy (non-hydrogen) atoms. The number of amides is 2. The third-order valence-electron chi connectivity index (χ3n) is 4.56. The summed E-state index contributed by atoms with van der Waals surface area (Å²) in [6.45, 7) is 2.15. The molecule has 2 unspecified atom stereocenters. The van der Waals surface area contributed by atoms with Crippen LogP contribution in [0.2, 0.25) is 0 Å². The van der Waals surface area contributed by atoms with Gasteiger partial charge in [0.25, 0.3) is 0 Å². The maximum absolute atomic E-state index is 12.5. The number of nitrogens with zero attached hydrogens (tertiary/aromatic N) is 1. The predicted octanol–water partition coefficient (Wildman–Crippen LogP) is 0.642. The number of carbonyl (C=O) groups is 2. The number of nitrogens with one attached hydrogen (secondary N) is 1. The monoisotopic (exact) mass is 334 g/mol. The lowest BCUT2D eigenvalue weighted by atomic mass is 9.91. The Morgan fingerprint density at radius 1 is 1.33 bits per heavy atom. The normalized spacial score (nSPS) is 22.0. The van der Waals surface area contributed by atoms with Gasteiger partial charge in [-0.05, 0) is 24.8 Å². The van der Waals surface area contributed by atoms with Crippen LogP contribution in [0.1, 0.15) is 37.7 Å². The summed E-state index contributed by atoms with van der Waals surface area (Å²) in [5, 5.41) is 22.5. The van der Waals surface area contributed by atoms with E-state index in [2.05, 4.69) is 5.32 Å². The van der Waals surface area contributed by atoms with Gasteiger partial charge in [-0.15, -0.1) is 0 Å². The second kappa shape index (κ2) is 8.26. The predicted molar refractivity (Wildman–Crippen MR) is 90.3 cm³/mol. The molecule has 0 spiro atoms. The topological polar surface area (TPSA) is 89.9 Å². The van der Waals surface area contributed by atoms with Gasteiger partial charge in [0, 0.05) is 13.1 Å². The van der Waals surface area contributed by atoms with Crippen LogP contribution in [0.3, 0.4) is 0 Å². The number of aliphatic hydroxyl groups excluding tert-OH is 1. The summed E-state index contributed by atoms with van der Waals surface area (Å²) in [5.41, 5.74) is -0.196. The third-order valence-corrected chi connectivity index (χ3v) is 4.56. The number of β-amino-alcohol motifs (C(OH)–C–C–N with tert-alkyl or cyclic N) is 1. The molecule has 132 valence electrons. The summed E-state index contributed by atoms with van der Waals surface area (Å²) in [7, 11) is 0. The minimum Gasteiger partial charge on any atom is -0.387 e. The zero-order valence-electron chi connectivity index (χ0n) is 14.1. The summed E-state index contributed by atoms with van der Waals surface area (Å²) in [6, 6.07) is 9.55. The SMILES string of the molecule is CCC(C(=O)NCC1(O)CCCN(C(=O)CO)C1)c1ccccc1. The number of carbonyl (C=O) groups excluding carboxylic acids is 2. The van der Waals surface area contributed by atoms with Gasteiger partial charge in [0.2, 0.25) is 11.8 Å². The smallest absolute Gasteiger partial charge is 0.248 e. The van der Waals surface area contributed by atoms with Crippen molar-refractivity contribution in [2.75, 3.05) is 26.2 Å². The highest BCUT2D eigenvalue weighted by molar-refractivity contribution is 5.83. The fraction of sp³-hybridized carbons (Fsp3) is 0.556. The third kappa shape index (κ3) is 4.55. The van der Waals surface area contributed by atoms with Gasteiger partial charge in [0.15, 0.2) is 0 Å². The van der Waals surface area contributed by atoms with E-state index in [1.807, 2.05) is 37.3 Å². The molecule has 2 amide bonds. The maximum atomic E-state index is 12.5. The Labute approximate surface area is 142 Å². The van der Waals surface area contributed by atoms with E-state index in [1.165, 1.54) is 4.90 Å². The van der Waals surface area contributed by atoms with E-state index >= 15 is 0 Å². The van der Waals surface area contributed by atoms with Crippen LogP contribution in [-0.4, -0.2) is 58.8 Å². The lowest BCUT2D eigenvalue weighted by Crippen LogP contribution is -2.56. The van der Waals surface area contributed by atoms with Crippen LogP contribution in [0, 0.1) is 0 Å². The standard InChI is InChI=1S/C18H26N2O4/c1-2-15(14-7-4-3-5-8-14)17(23)19-12-18(24)9-6-10-20(13-18)16(22)11-21/h3-5,7-8,15,21,24H,2,6,9-13H2,1H3,(H,19,23). The largest absolute Gasteiger partial charge is 0.387 e. The number of likely N-dealkylation sites (tertiary alicyclic amines) is 1. The Morgan fingerprint density at radius 3 is 2.67 bits per heavy atom. The Kier molecular flexibility index (Phi) is 6.34. The van der Waals surface area contributed by atoms with Gasteiger partial charge >= 0.3 is 0 Å². The molecule has 2 atom stereocenters. The number of hydrogen-bond acceptors (Lipinski definition) is 4. The van der Waals surface area contributed by atoms with Gasteiger partial charge in [0.1, 0.15) is 6.61 Å². The van der Waals surface area contributed by atoms with E-state index in [0.717, 1.165) is 5.56 Å². The summed E-state index contributed by atoms with van der Waals surface area (Å²) < 4.78 is 0. The molecule has 1 saturated heterocycles. The Morgan fingerprint density at radius 2 is 2.04 bits per heavy atom. The summed E-state index contributed by atoms with van der Waals surface area (Å²) >= 11 is 0. The summed E-state index contributed by atoms with van der Waals surface area (Å²) in [6.07, 6.45) is 1.84. The molecule has 0 aromatic heterocycles. The molecule has 1 aliphatic rings. The Balaban J connectivity index is 1.95. The lowest BCUT2D eigenvalue weighted by Gasteiger charge is -2.39. The molecular weight excluding hydrogens is 308 g/mol. The molecule has 1 heterocycles. The van der Waals surface area contributed by atoms with Crippen molar-refractivity contribution < 1.29 is 19.8 Å². The highest BCUT2D eigenvalue weighted by Gasteiger charge is 2.35. The first-order valence-electron chi connectivity index (χ1n) is 8.43. The highest BCUT2D eigenvalue weighted by Crippen LogP contribution is 2.22. The zero-order chi connectivity index (χ0) is 17.6. The van der Waals surface area contributed by atoms with Gasteiger partial charge in [-0.3, -0.25) is 9.59 Å². The van der Waals surface area contributed by atoms with Crippen LogP contribution in [0.25, 0.3) is 0 Å². The summed E-state index contributed by atoms with van der Waals surface area (Å²) in [4.78, 5) is 25.5. The first-order chi connectivity index (χ1) is 11.5. The van der Waals surface area contributed by atoms with Crippen molar-refractivity contribution in [2.45, 2.75) is 37.7 Å². The van der Waals surface area contributed by atoms with Gasteiger partial charge in [-0.2, -0.15) is 0 Å². The molecule has 1 aliphatic heterocycles. The molecule has 2 rings (SSSR count). The second-order valence-electron chi connectivity index (χ2n) is 6.39. The minimum absolute atomic E-state index is 0.102. The van der Waals surface area contributed by atoms with Crippen molar-refractivity contribution in [3.63, 3.8) is 0 Å². The second-order valence-corrected chi connectivity index (χ2v) is 6.39. The molecule has 1 aromatic carbocycles. The van der Waals surface area contributed by atoms with Crippen LogP contribution in [0.5, 0.6) is 0 Å². The van der Waals surface area contributed by atoms with Crippen molar-refractivity contribution in [1.82, 2.24) is 10.2 Å². The molecule has 0 aliphatic carbocycles. The van der Waals surface area contributed by atoms with E-state index in [9.17, 15) is 14.7 Å². The molecule has 0 radical (unpaired) electrons. The molecule has 0 saturated carbocycles. The van der Waals surface area contributed by atoms with Gasteiger partial charge in [-0.25, -0.2) is 0 Å². The highest BCUT2D eigenvalue weighted by atomic mass is 16.3. The first kappa shape index (κ1) is 18.4. The number of piperidine rings is 1. The van der Waals surface area contributed by atoms with Crippen molar-refractivity contribution in [3.05, 3.63) is 35.9 Å². The van der Waals surface area contributed by atoms with Crippen molar-refractivity contribution >= 4 is 11.8 Å². The number of aliphatic hydroxyl groups is 2. The molecule has 1 aromatic rings. The van der Waals surface area contributed by atoms with Gasteiger partial charge in [-0.1, -0.05) is 37.3 Å². The van der Waals surface area contributed by atoms with Crippen LogP contribution in [0.4, 0.5) is 0 Å². The van der Waals surface area contributed by atoms with E-state index < -0.39 is 18.1 Å². The molecule has 3 N–H and O–H groups in total. The van der Waals surface area contributed by atoms with Gasteiger partial charge < -0.3 is 20.4 Å². The molecule has 0 bridgehead atoms. The first-order valence-corrected chi connectivity index (χ1v) is 8.43. The van der Waals surface area contributed by atoms with Crippen molar-refractivity contribution in [3.8, 4) is 0 Å². The quantitative estimate of drug-likeness (QED) is 0.712. The lowest BCUT2D eigenvalue weighted by molar-refractivity contribution is -0.141. The van der Waals surface area contributed by atoms with Crippen LogP contribution >= 0.6 is 0 Å². The molecule has 1 fully saturated rings. The fourth-order valence-corrected chi connectivity index (χ4v) is 3.20. The molecule has 6 nitrogen and oxygen atoms in total. The van der Waals surface area contributed by atoms with E-state index in [0.29, 0.717) is 25.8 Å². The van der Waals surface area contributed by atoms with Crippen molar-refractivity contribution in [1.29, 1.82) is 0 Å². The van der Waals surface area contributed by atoms with Crippen LogP contribution < -0.4 is 5.32 Å².